The number of amides is 2. The SMILES string of the molecule is CCNC(=O)C(Cc1ccccc1)N(Cc1ccccc1Cl)C(=O)CN(c1cc(Cl)ccc1Cl)S(=O)(=O)c1ccccc1. The summed E-state index contributed by atoms with van der Waals surface area (Å²) in [7, 11) is -4.30. The van der Waals surface area contributed by atoms with E-state index < -0.39 is 28.5 Å². The molecule has 0 fully saturated rings. The summed E-state index contributed by atoms with van der Waals surface area (Å²) >= 11 is 19.2. The third-order valence-electron chi connectivity index (χ3n) is 6.71. The summed E-state index contributed by atoms with van der Waals surface area (Å²) in [5.74, 6) is -1.02. The third-order valence-corrected chi connectivity index (χ3v) is 9.40. The van der Waals surface area contributed by atoms with Crippen LogP contribution in [0.5, 0.6) is 0 Å². The fraction of sp³-hybridized carbons (Fsp3) is 0.188. The highest BCUT2D eigenvalue weighted by Gasteiger charge is 2.35. The fourth-order valence-electron chi connectivity index (χ4n) is 4.57. The van der Waals surface area contributed by atoms with Crippen molar-refractivity contribution in [2.75, 3.05) is 17.4 Å². The lowest BCUT2D eigenvalue weighted by Gasteiger charge is -2.34. The summed E-state index contributed by atoms with van der Waals surface area (Å²) in [6, 6.07) is 27.4. The van der Waals surface area contributed by atoms with Gasteiger partial charge in [0.2, 0.25) is 11.8 Å². The summed E-state index contributed by atoms with van der Waals surface area (Å²) in [5, 5.41) is 3.54. The molecular weight excluding hydrogens is 629 g/mol. The highest BCUT2D eigenvalue weighted by Crippen LogP contribution is 2.33. The van der Waals surface area contributed by atoms with Gasteiger partial charge in [0.05, 0.1) is 15.6 Å². The maximum atomic E-state index is 14.4. The molecule has 7 nitrogen and oxygen atoms in total. The van der Waals surface area contributed by atoms with E-state index in [-0.39, 0.29) is 39.5 Å². The molecule has 4 aromatic rings. The van der Waals surface area contributed by atoms with Crippen molar-refractivity contribution < 1.29 is 18.0 Å². The van der Waals surface area contributed by atoms with E-state index in [1.807, 2.05) is 30.3 Å². The first-order valence-electron chi connectivity index (χ1n) is 13.5. The Kier molecular flexibility index (Phi) is 11.1. The normalized spacial score (nSPS) is 11.9. The molecule has 2 amide bonds. The minimum absolute atomic E-state index is 0.0293. The number of hydrogen-bond donors (Lipinski definition) is 1. The van der Waals surface area contributed by atoms with Gasteiger partial charge in [0.25, 0.3) is 10.0 Å². The first-order valence-corrected chi connectivity index (χ1v) is 16.1. The van der Waals surface area contributed by atoms with Crippen molar-refractivity contribution in [3.63, 3.8) is 0 Å². The number of sulfonamides is 1. The molecule has 0 aromatic heterocycles. The van der Waals surface area contributed by atoms with E-state index in [2.05, 4.69) is 5.32 Å². The van der Waals surface area contributed by atoms with Gasteiger partial charge in [-0.2, -0.15) is 0 Å². The average Bonchev–Trinajstić information content (AvgIpc) is 3.00. The van der Waals surface area contributed by atoms with Crippen LogP contribution in [0.25, 0.3) is 0 Å². The molecule has 0 saturated carbocycles. The topological polar surface area (TPSA) is 86.8 Å². The van der Waals surface area contributed by atoms with Crippen LogP contribution < -0.4 is 9.62 Å². The highest BCUT2D eigenvalue weighted by molar-refractivity contribution is 7.92. The fourth-order valence-corrected chi connectivity index (χ4v) is 6.64. The van der Waals surface area contributed by atoms with E-state index in [9.17, 15) is 18.0 Å². The predicted octanol–water partition coefficient (Wildman–Crippen LogP) is 6.62. The number of likely N-dealkylation sites (N-methyl/N-ethyl adjacent to an activating group) is 1. The van der Waals surface area contributed by atoms with Crippen molar-refractivity contribution in [1.29, 1.82) is 0 Å². The van der Waals surface area contributed by atoms with Crippen molar-refractivity contribution >= 4 is 62.3 Å². The molecule has 1 N–H and O–H groups in total. The van der Waals surface area contributed by atoms with Crippen molar-refractivity contribution in [3.05, 3.63) is 129 Å². The summed E-state index contributed by atoms with van der Waals surface area (Å²) < 4.78 is 29.0. The standard InChI is InChI=1S/C32H30Cl3N3O4S/c1-2-36-32(40)30(19-23-11-5-3-6-12-23)37(21-24-13-9-10-16-27(24)34)31(39)22-38(29-20-25(33)17-18-28(29)35)43(41,42)26-14-7-4-8-15-26/h3-18,20,30H,2,19,21-22H2,1H3,(H,36,40). The Balaban J connectivity index is 1.83. The second kappa shape index (κ2) is 14.8. The molecule has 0 saturated heterocycles. The minimum Gasteiger partial charge on any atom is -0.355 e. The van der Waals surface area contributed by atoms with Crippen molar-refractivity contribution in [1.82, 2.24) is 10.2 Å². The van der Waals surface area contributed by atoms with E-state index in [1.165, 1.54) is 35.2 Å². The number of rotatable bonds is 12. The molecule has 4 rings (SSSR count). The Morgan fingerprint density at radius 3 is 2.09 bits per heavy atom. The first-order chi connectivity index (χ1) is 20.6. The summed E-state index contributed by atoms with van der Waals surface area (Å²) in [6.45, 7) is 1.42. The molecule has 4 aromatic carbocycles. The van der Waals surface area contributed by atoms with Crippen LogP contribution in [0, 0.1) is 0 Å². The monoisotopic (exact) mass is 657 g/mol. The number of benzene rings is 4. The first kappa shape index (κ1) is 32.4. The number of nitrogens with one attached hydrogen (secondary N) is 1. The van der Waals surface area contributed by atoms with Crippen LogP contribution in [0.15, 0.2) is 108 Å². The molecule has 1 atom stereocenters. The van der Waals surface area contributed by atoms with Gasteiger partial charge in [-0.05, 0) is 54.4 Å². The molecule has 0 radical (unpaired) electrons. The zero-order chi connectivity index (χ0) is 31.0. The van der Waals surface area contributed by atoms with Crippen LogP contribution >= 0.6 is 34.8 Å². The smallest absolute Gasteiger partial charge is 0.264 e. The van der Waals surface area contributed by atoms with Gasteiger partial charge in [0, 0.05) is 29.6 Å². The van der Waals surface area contributed by atoms with Crippen LogP contribution in [-0.4, -0.2) is 44.3 Å². The molecule has 0 heterocycles. The second-order valence-corrected chi connectivity index (χ2v) is 12.7. The van der Waals surface area contributed by atoms with Crippen LogP contribution in [0.2, 0.25) is 15.1 Å². The quantitative estimate of drug-likeness (QED) is 0.185. The van der Waals surface area contributed by atoms with Crippen LogP contribution in [0.4, 0.5) is 5.69 Å². The molecule has 0 aliphatic carbocycles. The Morgan fingerprint density at radius 1 is 0.814 bits per heavy atom. The maximum Gasteiger partial charge on any atom is 0.264 e. The van der Waals surface area contributed by atoms with Crippen molar-refractivity contribution in [2.45, 2.75) is 30.8 Å². The van der Waals surface area contributed by atoms with Crippen LogP contribution in [-0.2, 0) is 32.6 Å². The zero-order valence-corrected chi connectivity index (χ0v) is 26.4. The van der Waals surface area contributed by atoms with Gasteiger partial charge in [-0.25, -0.2) is 8.42 Å². The second-order valence-electron chi connectivity index (χ2n) is 9.63. The van der Waals surface area contributed by atoms with E-state index in [4.69, 9.17) is 34.8 Å². The minimum atomic E-state index is -4.30. The van der Waals surface area contributed by atoms with Crippen LogP contribution in [0.3, 0.4) is 0 Å². The van der Waals surface area contributed by atoms with Gasteiger partial charge in [-0.3, -0.25) is 13.9 Å². The molecule has 0 spiro atoms. The molecular formula is C32H30Cl3N3O4S. The number of carbonyl (C=O) groups is 2. The van der Waals surface area contributed by atoms with Gasteiger partial charge < -0.3 is 10.2 Å². The Hall–Kier alpha value is -3.56. The Labute approximate surface area is 267 Å². The maximum absolute atomic E-state index is 14.4. The highest BCUT2D eigenvalue weighted by atomic mass is 35.5. The lowest BCUT2D eigenvalue weighted by Crippen LogP contribution is -2.53. The molecule has 0 aliphatic heterocycles. The van der Waals surface area contributed by atoms with Crippen molar-refractivity contribution in [2.24, 2.45) is 0 Å². The van der Waals surface area contributed by atoms with Crippen molar-refractivity contribution in [3.8, 4) is 0 Å². The lowest BCUT2D eigenvalue weighted by atomic mass is 10.0. The molecule has 43 heavy (non-hydrogen) atoms. The van der Waals surface area contributed by atoms with Gasteiger partial charge in [-0.15, -0.1) is 0 Å². The van der Waals surface area contributed by atoms with Gasteiger partial charge >= 0.3 is 0 Å². The van der Waals surface area contributed by atoms with E-state index >= 15 is 0 Å². The number of hydrogen-bond acceptors (Lipinski definition) is 4. The molecule has 0 bridgehead atoms. The molecule has 224 valence electrons. The van der Waals surface area contributed by atoms with Gasteiger partial charge in [0.15, 0.2) is 0 Å². The Morgan fingerprint density at radius 2 is 1.44 bits per heavy atom. The van der Waals surface area contributed by atoms with E-state index in [1.54, 1.807) is 49.4 Å². The third kappa shape index (κ3) is 8.09. The van der Waals surface area contributed by atoms with Crippen LogP contribution in [0.1, 0.15) is 18.1 Å². The molecule has 0 aliphatic rings. The van der Waals surface area contributed by atoms with E-state index in [0.29, 0.717) is 17.1 Å². The summed E-state index contributed by atoms with van der Waals surface area (Å²) in [4.78, 5) is 29.2. The van der Waals surface area contributed by atoms with Gasteiger partial charge in [-0.1, -0.05) is 102 Å². The van der Waals surface area contributed by atoms with E-state index in [0.717, 1.165) is 9.87 Å². The Bertz CT molecular complexity index is 1670. The van der Waals surface area contributed by atoms with Gasteiger partial charge in [0.1, 0.15) is 12.6 Å². The average molecular weight is 659 g/mol. The summed E-state index contributed by atoms with van der Waals surface area (Å²) in [6.07, 6.45) is 0.187. The number of anilines is 1. The predicted molar refractivity (Wildman–Crippen MR) is 172 cm³/mol. The largest absolute Gasteiger partial charge is 0.355 e. The summed E-state index contributed by atoms with van der Waals surface area (Å²) in [5.41, 5.74) is 1.45. The number of halogens is 3. The molecule has 1 unspecified atom stereocenters. The lowest BCUT2D eigenvalue weighted by molar-refractivity contribution is -0.140. The molecule has 11 heteroatoms. The number of nitrogens with zero attached hydrogens (tertiary/aromatic N) is 2. The zero-order valence-electron chi connectivity index (χ0n) is 23.3. The number of carbonyl (C=O) groups excluding carboxylic acids is 2.